The first-order valence-corrected chi connectivity index (χ1v) is 7.91. The number of nitrogens with two attached hydrogens (primary N) is 1. The molecule has 0 saturated heterocycles. The van der Waals surface area contributed by atoms with Crippen molar-refractivity contribution in [3.63, 3.8) is 0 Å². The number of benzene rings is 1. The maximum atomic E-state index is 12.2. The average Bonchev–Trinajstić information content (AvgIpc) is 2.89. The predicted octanol–water partition coefficient (Wildman–Crippen LogP) is 1.51. The molecule has 20 heavy (non-hydrogen) atoms. The van der Waals surface area contributed by atoms with Gasteiger partial charge < -0.3 is 10.8 Å². The van der Waals surface area contributed by atoms with Gasteiger partial charge in [-0.3, -0.25) is 0 Å². The lowest BCUT2D eigenvalue weighted by atomic mass is 10.2. The number of hydrogen-bond acceptors (Lipinski definition) is 5. The first-order chi connectivity index (χ1) is 9.40. The highest BCUT2D eigenvalue weighted by Gasteiger charge is 2.22. The van der Waals surface area contributed by atoms with E-state index < -0.39 is 16.0 Å². The lowest BCUT2D eigenvalue weighted by Gasteiger charge is -2.09. The van der Waals surface area contributed by atoms with Crippen LogP contribution < -0.4 is 10.5 Å². The predicted molar refractivity (Wildman–Crippen MR) is 76.2 cm³/mol. The van der Waals surface area contributed by atoms with Gasteiger partial charge in [0.05, 0.1) is 10.5 Å². The molecule has 0 radical (unpaired) electrons. The number of carbonyl (C=O) groups is 1. The summed E-state index contributed by atoms with van der Waals surface area (Å²) < 4.78 is 26.7. The Kier molecular flexibility index (Phi) is 4.07. The Labute approximate surface area is 119 Å². The van der Waals surface area contributed by atoms with Gasteiger partial charge in [-0.15, -0.1) is 11.3 Å². The van der Waals surface area contributed by atoms with Crippen LogP contribution in [0.2, 0.25) is 0 Å². The molecule has 0 fully saturated rings. The van der Waals surface area contributed by atoms with Gasteiger partial charge in [0.1, 0.15) is 0 Å². The number of carboxylic acids is 1. The number of nitrogens with one attached hydrogen (secondary N) is 1. The number of thiophene rings is 1. The van der Waals surface area contributed by atoms with Gasteiger partial charge in [0, 0.05) is 17.1 Å². The van der Waals surface area contributed by atoms with Gasteiger partial charge in [-0.2, -0.15) is 0 Å². The second kappa shape index (κ2) is 5.61. The summed E-state index contributed by atoms with van der Waals surface area (Å²) in [6.07, 6.45) is 0. The van der Waals surface area contributed by atoms with Gasteiger partial charge in [-0.05, 0) is 29.6 Å². The smallest absolute Gasteiger partial charge is 0.337 e. The number of rotatable bonds is 5. The largest absolute Gasteiger partial charge is 0.478 e. The molecule has 106 valence electrons. The van der Waals surface area contributed by atoms with Gasteiger partial charge in [0.15, 0.2) is 0 Å². The molecule has 0 unspecified atom stereocenters. The third-order valence-electron chi connectivity index (χ3n) is 2.54. The molecule has 6 nitrogen and oxygen atoms in total. The zero-order valence-corrected chi connectivity index (χ0v) is 11.9. The van der Waals surface area contributed by atoms with E-state index >= 15 is 0 Å². The molecule has 2 aromatic rings. The second-order valence-corrected chi connectivity index (χ2v) is 6.73. The van der Waals surface area contributed by atoms with Crippen molar-refractivity contribution >= 4 is 33.0 Å². The van der Waals surface area contributed by atoms with E-state index in [1.807, 2.05) is 5.38 Å². The molecule has 8 heteroatoms. The first kappa shape index (κ1) is 14.5. The first-order valence-electron chi connectivity index (χ1n) is 5.55. The summed E-state index contributed by atoms with van der Waals surface area (Å²) in [5.41, 5.74) is 5.33. The minimum absolute atomic E-state index is 0.115. The van der Waals surface area contributed by atoms with Crippen LogP contribution >= 0.6 is 11.3 Å². The summed E-state index contributed by atoms with van der Waals surface area (Å²) in [7, 11) is -3.91. The van der Waals surface area contributed by atoms with Gasteiger partial charge >= 0.3 is 5.97 Å². The molecule has 0 atom stereocenters. The number of carboxylic acid groups (broad SMARTS) is 1. The van der Waals surface area contributed by atoms with Crippen molar-refractivity contribution < 1.29 is 18.3 Å². The third-order valence-corrected chi connectivity index (χ3v) is 4.88. The Morgan fingerprint density at radius 1 is 1.35 bits per heavy atom. The Hall–Kier alpha value is -1.90. The fourth-order valence-electron chi connectivity index (χ4n) is 1.61. The maximum absolute atomic E-state index is 12.2. The molecule has 0 aliphatic heterocycles. The average molecular weight is 312 g/mol. The van der Waals surface area contributed by atoms with Crippen molar-refractivity contribution in [2.75, 3.05) is 5.73 Å². The molecule has 4 N–H and O–H groups in total. The number of sulfonamides is 1. The molecule has 1 aromatic carbocycles. The van der Waals surface area contributed by atoms with Crippen LogP contribution in [0.4, 0.5) is 5.69 Å². The Morgan fingerprint density at radius 2 is 2.10 bits per heavy atom. The monoisotopic (exact) mass is 312 g/mol. The second-order valence-electron chi connectivity index (χ2n) is 3.96. The van der Waals surface area contributed by atoms with Crippen LogP contribution in [0.25, 0.3) is 0 Å². The van der Waals surface area contributed by atoms with Gasteiger partial charge in [-0.1, -0.05) is 6.07 Å². The fourth-order valence-corrected chi connectivity index (χ4v) is 3.53. The summed E-state index contributed by atoms with van der Waals surface area (Å²) in [4.78, 5) is 11.6. The van der Waals surface area contributed by atoms with Crippen LogP contribution in [0.15, 0.2) is 40.6 Å². The molecule has 2 rings (SSSR count). The van der Waals surface area contributed by atoms with Gasteiger partial charge in [0.2, 0.25) is 10.0 Å². The number of aromatic carboxylic acids is 1. The molecular formula is C12H12N2O4S2. The van der Waals surface area contributed by atoms with Crippen LogP contribution in [0, 0.1) is 0 Å². The van der Waals surface area contributed by atoms with Crippen molar-refractivity contribution in [1.29, 1.82) is 0 Å². The van der Waals surface area contributed by atoms with Crippen LogP contribution in [0.3, 0.4) is 0 Å². The Morgan fingerprint density at radius 3 is 2.70 bits per heavy atom. The summed E-state index contributed by atoms with van der Waals surface area (Å²) in [5.74, 6) is -1.34. The van der Waals surface area contributed by atoms with Crippen LogP contribution in [-0.4, -0.2) is 19.5 Å². The summed E-state index contributed by atoms with van der Waals surface area (Å²) in [6.45, 7) is 0.115. The van der Waals surface area contributed by atoms with Gasteiger partial charge in [0.25, 0.3) is 0 Å². The van der Waals surface area contributed by atoms with E-state index in [4.69, 9.17) is 10.8 Å². The van der Waals surface area contributed by atoms with Crippen molar-refractivity contribution in [2.24, 2.45) is 0 Å². The third kappa shape index (κ3) is 3.16. The SMILES string of the molecule is Nc1ccc(S(=O)(=O)NCc2cccs2)c(C(=O)O)c1. The van der Waals surface area contributed by atoms with Crippen molar-refractivity contribution in [2.45, 2.75) is 11.4 Å². The van der Waals surface area contributed by atoms with E-state index in [-0.39, 0.29) is 22.7 Å². The van der Waals surface area contributed by atoms with Crippen molar-refractivity contribution in [3.8, 4) is 0 Å². The topological polar surface area (TPSA) is 109 Å². The van der Waals surface area contributed by atoms with Crippen LogP contribution in [0.5, 0.6) is 0 Å². The normalized spacial score (nSPS) is 11.4. The Bertz CT molecular complexity index is 724. The fraction of sp³-hybridized carbons (Fsp3) is 0.0833. The molecule has 0 aliphatic carbocycles. The molecule has 0 saturated carbocycles. The Balaban J connectivity index is 2.31. The zero-order valence-electron chi connectivity index (χ0n) is 10.2. The van der Waals surface area contributed by atoms with Crippen molar-refractivity contribution in [3.05, 3.63) is 46.2 Å². The standard InChI is InChI=1S/C12H12N2O4S2/c13-8-3-4-11(10(6-8)12(15)16)20(17,18)14-7-9-2-1-5-19-9/h1-6,14H,7,13H2,(H,15,16). The number of nitrogen functional groups attached to an aromatic ring is 1. The zero-order chi connectivity index (χ0) is 14.8. The quantitative estimate of drug-likeness (QED) is 0.725. The van der Waals surface area contributed by atoms with E-state index in [0.29, 0.717) is 0 Å². The lowest BCUT2D eigenvalue weighted by Crippen LogP contribution is -2.25. The molecular weight excluding hydrogens is 300 g/mol. The molecule has 0 bridgehead atoms. The van der Waals surface area contributed by atoms with Crippen LogP contribution in [0.1, 0.15) is 15.2 Å². The minimum atomic E-state index is -3.91. The van der Waals surface area contributed by atoms with Gasteiger partial charge in [-0.25, -0.2) is 17.9 Å². The minimum Gasteiger partial charge on any atom is -0.478 e. The highest BCUT2D eigenvalue weighted by atomic mass is 32.2. The summed E-state index contributed by atoms with van der Waals surface area (Å²) in [6, 6.07) is 7.26. The lowest BCUT2D eigenvalue weighted by molar-refractivity contribution is 0.0692. The summed E-state index contributed by atoms with van der Waals surface area (Å²) >= 11 is 1.41. The maximum Gasteiger partial charge on any atom is 0.337 e. The van der Waals surface area contributed by atoms with Crippen LogP contribution in [-0.2, 0) is 16.6 Å². The van der Waals surface area contributed by atoms with E-state index in [1.54, 1.807) is 12.1 Å². The van der Waals surface area contributed by atoms with E-state index in [2.05, 4.69) is 4.72 Å². The molecule has 1 heterocycles. The van der Waals surface area contributed by atoms with Crippen molar-refractivity contribution in [1.82, 2.24) is 4.72 Å². The molecule has 0 spiro atoms. The molecule has 0 amide bonds. The number of anilines is 1. The van der Waals surface area contributed by atoms with E-state index in [9.17, 15) is 13.2 Å². The summed E-state index contributed by atoms with van der Waals surface area (Å²) in [5, 5.41) is 10.9. The van der Waals surface area contributed by atoms with E-state index in [1.165, 1.54) is 23.5 Å². The molecule has 1 aromatic heterocycles. The highest BCUT2D eigenvalue weighted by molar-refractivity contribution is 7.89. The number of hydrogen-bond donors (Lipinski definition) is 3. The highest BCUT2D eigenvalue weighted by Crippen LogP contribution is 2.19. The molecule has 0 aliphatic rings. The van der Waals surface area contributed by atoms with E-state index in [0.717, 1.165) is 10.9 Å².